The highest BCUT2D eigenvalue weighted by Crippen LogP contribution is 2.18. The Morgan fingerprint density at radius 3 is 1.73 bits per heavy atom. The first-order valence-electron chi connectivity index (χ1n) is 13.8. The molecule has 0 rings (SSSR count). The highest BCUT2D eigenvalue weighted by molar-refractivity contribution is 5.78. The maximum Gasteiger partial charge on any atom is 0.246 e. The molecule has 0 aliphatic heterocycles. The van der Waals surface area contributed by atoms with Crippen LogP contribution in [0.5, 0.6) is 0 Å². The molecule has 0 saturated carbocycles. The van der Waals surface area contributed by atoms with Gasteiger partial charge in [0.15, 0.2) is 6.29 Å². The third kappa shape index (κ3) is 20.5. The van der Waals surface area contributed by atoms with Crippen LogP contribution >= 0.6 is 0 Å². The van der Waals surface area contributed by atoms with Gasteiger partial charge in [-0.3, -0.25) is 19.2 Å². The Balaban J connectivity index is 3.67. The third-order valence-corrected chi connectivity index (χ3v) is 5.59. The summed E-state index contributed by atoms with van der Waals surface area (Å²) in [4.78, 5) is 47.1. The van der Waals surface area contributed by atoms with Gasteiger partial charge in [-0.05, 0) is 19.8 Å². The second-order valence-electron chi connectivity index (χ2n) is 9.14. The van der Waals surface area contributed by atoms with E-state index in [1.807, 2.05) is 0 Å². The van der Waals surface area contributed by atoms with Crippen molar-refractivity contribution in [2.75, 3.05) is 79.6 Å². The van der Waals surface area contributed by atoms with Crippen molar-refractivity contribution in [1.82, 2.24) is 21.3 Å². The average Bonchev–Trinajstić information content (AvgIpc) is 2.94. The van der Waals surface area contributed by atoms with Crippen molar-refractivity contribution >= 4 is 23.6 Å². The number of aliphatic hydroxyl groups is 1. The summed E-state index contributed by atoms with van der Waals surface area (Å²) < 4.78 is 26.1. The summed E-state index contributed by atoms with van der Waals surface area (Å²) in [6.07, 6.45) is 1.23. The number of unbranched alkanes of at least 4 members (excludes halogenated alkanes) is 1. The number of aliphatic hydroxyl groups excluding tert-OH is 1. The molecular formula is C26H50N4O10. The van der Waals surface area contributed by atoms with Crippen molar-refractivity contribution in [1.29, 1.82) is 0 Å². The van der Waals surface area contributed by atoms with Gasteiger partial charge in [-0.15, -0.1) is 0 Å². The molecule has 0 heterocycles. The molecule has 0 bridgehead atoms. The fourth-order valence-electron chi connectivity index (χ4n) is 3.18. The zero-order chi connectivity index (χ0) is 30.1. The smallest absolute Gasteiger partial charge is 0.246 e. The highest BCUT2D eigenvalue weighted by atomic mass is 16.6. The van der Waals surface area contributed by atoms with Gasteiger partial charge in [0.2, 0.25) is 23.6 Å². The minimum Gasteiger partial charge on any atom is -0.377 e. The standard InChI is InChI=1S/C26H50N4O10/c1-5-7-10-27-23(33)19-39-17-16-38-14-12-29-24(34)20-40-18-15-37-13-11-28-22(32)8-9-26(3,25(35)36-4)30-21(31)6-2/h25,35H,5-20H2,1-4H3,(H,27,33)(H,28,32)(H,29,34)(H,30,31). The number of methoxy groups -OCH3 is 1. The van der Waals surface area contributed by atoms with Crippen LogP contribution < -0.4 is 21.3 Å². The molecule has 4 amide bonds. The van der Waals surface area contributed by atoms with E-state index in [1.54, 1.807) is 13.8 Å². The van der Waals surface area contributed by atoms with E-state index in [-0.39, 0.29) is 82.5 Å². The minimum absolute atomic E-state index is 0.00127. The molecule has 0 fully saturated rings. The van der Waals surface area contributed by atoms with E-state index < -0.39 is 11.8 Å². The number of amides is 4. The summed E-state index contributed by atoms with van der Waals surface area (Å²) in [7, 11) is 1.32. The number of nitrogens with one attached hydrogen (secondary N) is 4. The SMILES string of the molecule is CCCCNC(=O)COCCOCCNC(=O)COCCOCCNC(=O)CCC(C)(NC(=O)CC)C(O)OC. The number of hydrogen-bond acceptors (Lipinski definition) is 10. The molecule has 2 atom stereocenters. The molecule has 0 aromatic rings. The topological polar surface area (TPSA) is 183 Å². The van der Waals surface area contributed by atoms with Crippen LogP contribution in [0.25, 0.3) is 0 Å². The van der Waals surface area contributed by atoms with Crippen molar-refractivity contribution in [3.8, 4) is 0 Å². The summed E-state index contributed by atoms with van der Waals surface area (Å²) in [6.45, 7) is 8.16. The fraction of sp³-hybridized carbons (Fsp3) is 0.846. The molecule has 0 aliphatic rings. The van der Waals surface area contributed by atoms with E-state index in [0.717, 1.165) is 12.8 Å². The Hall–Kier alpha value is -2.36. The quantitative estimate of drug-likeness (QED) is 0.0646. The van der Waals surface area contributed by atoms with Crippen molar-refractivity contribution in [2.24, 2.45) is 0 Å². The van der Waals surface area contributed by atoms with E-state index in [4.69, 9.17) is 23.7 Å². The summed E-state index contributed by atoms with van der Waals surface area (Å²) in [6, 6.07) is 0. The molecule has 14 nitrogen and oxygen atoms in total. The van der Waals surface area contributed by atoms with Crippen molar-refractivity contribution in [3.63, 3.8) is 0 Å². The van der Waals surface area contributed by atoms with E-state index in [1.165, 1.54) is 7.11 Å². The fourth-order valence-corrected chi connectivity index (χ4v) is 3.18. The van der Waals surface area contributed by atoms with Crippen molar-refractivity contribution in [2.45, 2.75) is 64.7 Å². The van der Waals surface area contributed by atoms with E-state index >= 15 is 0 Å². The van der Waals surface area contributed by atoms with E-state index in [0.29, 0.717) is 32.9 Å². The Kier molecular flexibility index (Phi) is 23.0. The zero-order valence-corrected chi connectivity index (χ0v) is 24.5. The molecule has 40 heavy (non-hydrogen) atoms. The van der Waals surface area contributed by atoms with Crippen LogP contribution in [0.1, 0.15) is 52.9 Å². The van der Waals surface area contributed by atoms with E-state index in [2.05, 4.69) is 28.2 Å². The normalized spacial score (nSPS) is 13.2. The number of ether oxygens (including phenoxy) is 5. The molecule has 5 N–H and O–H groups in total. The van der Waals surface area contributed by atoms with Crippen LogP contribution in [0, 0.1) is 0 Å². The first-order valence-corrected chi connectivity index (χ1v) is 13.8. The Bertz CT molecular complexity index is 713. The summed E-state index contributed by atoms with van der Waals surface area (Å²) in [5.41, 5.74) is -1.09. The lowest BCUT2D eigenvalue weighted by Gasteiger charge is -2.34. The van der Waals surface area contributed by atoms with Crippen molar-refractivity contribution in [3.05, 3.63) is 0 Å². The monoisotopic (exact) mass is 578 g/mol. The minimum atomic E-state index is -1.25. The number of rotatable bonds is 26. The zero-order valence-electron chi connectivity index (χ0n) is 24.5. The lowest BCUT2D eigenvalue weighted by Crippen LogP contribution is -2.55. The van der Waals surface area contributed by atoms with Crippen LogP contribution in [0.3, 0.4) is 0 Å². The largest absolute Gasteiger partial charge is 0.377 e. The first kappa shape index (κ1) is 37.6. The summed E-state index contributed by atoms with van der Waals surface area (Å²) >= 11 is 0. The number of hydrogen-bond donors (Lipinski definition) is 5. The maximum atomic E-state index is 12.1. The van der Waals surface area contributed by atoms with Crippen LogP contribution in [0.2, 0.25) is 0 Å². The number of carbonyl (C=O) groups excluding carboxylic acids is 4. The molecular weight excluding hydrogens is 528 g/mol. The van der Waals surface area contributed by atoms with Crippen LogP contribution in [-0.2, 0) is 42.9 Å². The molecule has 234 valence electrons. The highest BCUT2D eigenvalue weighted by Gasteiger charge is 2.35. The van der Waals surface area contributed by atoms with Gasteiger partial charge in [0.05, 0.1) is 45.2 Å². The predicted octanol–water partition coefficient (Wildman–Crippen LogP) is -0.769. The lowest BCUT2D eigenvalue weighted by molar-refractivity contribution is -0.147. The molecule has 14 heteroatoms. The average molecular weight is 579 g/mol. The van der Waals surface area contributed by atoms with Crippen molar-refractivity contribution < 1.29 is 48.0 Å². The second kappa shape index (κ2) is 24.4. The predicted molar refractivity (Wildman–Crippen MR) is 146 cm³/mol. The van der Waals surface area contributed by atoms with Gasteiger partial charge >= 0.3 is 0 Å². The molecule has 2 unspecified atom stereocenters. The van der Waals surface area contributed by atoms with Crippen LogP contribution in [0.15, 0.2) is 0 Å². The van der Waals surface area contributed by atoms with Crippen LogP contribution in [0.4, 0.5) is 0 Å². The van der Waals surface area contributed by atoms with Gasteiger partial charge in [0.25, 0.3) is 0 Å². The second-order valence-corrected chi connectivity index (χ2v) is 9.14. The Morgan fingerprint density at radius 1 is 0.725 bits per heavy atom. The summed E-state index contributed by atoms with van der Waals surface area (Å²) in [5.74, 6) is -0.928. The van der Waals surface area contributed by atoms with Gasteiger partial charge in [-0.2, -0.15) is 0 Å². The van der Waals surface area contributed by atoms with Gasteiger partial charge in [0, 0.05) is 39.6 Å². The van der Waals surface area contributed by atoms with Gasteiger partial charge in [-0.25, -0.2) is 0 Å². The molecule has 0 spiro atoms. The molecule has 0 aromatic heterocycles. The van der Waals surface area contributed by atoms with Gasteiger partial charge in [0.1, 0.15) is 13.2 Å². The Morgan fingerprint density at radius 2 is 1.23 bits per heavy atom. The summed E-state index contributed by atoms with van der Waals surface area (Å²) in [5, 5.41) is 20.9. The molecule has 0 aromatic carbocycles. The van der Waals surface area contributed by atoms with E-state index in [9.17, 15) is 24.3 Å². The van der Waals surface area contributed by atoms with Gasteiger partial charge < -0.3 is 50.1 Å². The van der Waals surface area contributed by atoms with Crippen LogP contribution in [-0.4, -0.2) is 120 Å². The van der Waals surface area contributed by atoms with Gasteiger partial charge in [-0.1, -0.05) is 20.3 Å². The number of carbonyl (C=O) groups is 4. The molecule has 0 radical (unpaired) electrons. The molecule has 0 saturated heterocycles. The molecule has 0 aliphatic carbocycles. The third-order valence-electron chi connectivity index (χ3n) is 5.59. The lowest BCUT2D eigenvalue weighted by atomic mass is 9.94. The Labute approximate surface area is 237 Å². The maximum absolute atomic E-state index is 12.1. The first-order chi connectivity index (χ1) is 19.2.